The van der Waals surface area contributed by atoms with Crippen molar-refractivity contribution in [3.05, 3.63) is 0 Å². The third-order valence-corrected chi connectivity index (χ3v) is 3.66. The predicted octanol–water partition coefficient (Wildman–Crippen LogP) is 4.30. The highest BCUT2D eigenvalue weighted by molar-refractivity contribution is 4.60. The van der Waals surface area contributed by atoms with E-state index < -0.39 is 0 Å². The summed E-state index contributed by atoms with van der Waals surface area (Å²) in [5.74, 6) is 0. The Morgan fingerprint density at radius 2 is 1.53 bits per heavy atom. The lowest BCUT2D eigenvalue weighted by Gasteiger charge is -2.19. The molecule has 1 fully saturated rings. The zero-order chi connectivity index (χ0) is 13.8. The van der Waals surface area contributed by atoms with E-state index in [-0.39, 0.29) is 6.29 Å². The second kappa shape index (κ2) is 11.7. The van der Waals surface area contributed by atoms with Crippen molar-refractivity contribution in [2.75, 3.05) is 19.8 Å². The Morgan fingerprint density at radius 3 is 2.05 bits per heavy atom. The van der Waals surface area contributed by atoms with Gasteiger partial charge in [0.15, 0.2) is 6.29 Å². The number of unbranched alkanes of at least 4 members (excludes halogenated alkanes) is 4. The Hall–Kier alpha value is -0.120. The van der Waals surface area contributed by atoms with Gasteiger partial charge in [0.1, 0.15) is 0 Å². The zero-order valence-electron chi connectivity index (χ0n) is 12.9. The highest BCUT2D eigenvalue weighted by atomic mass is 16.7. The first kappa shape index (κ1) is 16.9. The van der Waals surface area contributed by atoms with Crippen LogP contribution in [0.1, 0.15) is 71.6 Å². The van der Waals surface area contributed by atoms with Gasteiger partial charge in [-0.2, -0.15) is 0 Å². The van der Waals surface area contributed by atoms with E-state index in [4.69, 9.17) is 14.2 Å². The van der Waals surface area contributed by atoms with E-state index in [2.05, 4.69) is 13.8 Å². The number of hydrogen-bond donors (Lipinski definition) is 0. The molecule has 0 bridgehead atoms. The van der Waals surface area contributed by atoms with Crippen LogP contribution >= 0.6 is 0 Å². The molecule has 0 saturated carbocycles. The van der Waals surface area contributed by atoms with Crippen molar-refractivity contribution in [1.82, 2.24) is 0 Å². The molecular weight excluding hydrogens is 240 g/mol. The minimum atomic E-state index is -0.0214. The third-order valence-electron chi connectivity index (χ3n) is 3.66. The summed E-state index contributed by atoms with van der Waals surface area (Å²) in [6.07, 6.45) is 11.5. The SMILES string of the molecule is CCCCCC(CCCCC)OCCC1OCCO1. The van der Waals surface area contributed by atoms with Crippen LogP contribution in [0.15, 0.2) is 0 Å². The summed E-state index contributed by atoms with van der Waals surface area (Å²) in [5.41, 5.74) is 0. The van der Waals surface area contributed by atoms with Crippen molar-refractivity contribution < 1.29 is 14.2 Å². The van der Waals surface area contributed by atoms with Gasteiger partial charge in [-0.05, 0) is 12.8 Å². The van der Waals surface area contributed by atoms with E-state index in [1.54, 1.807) is 0 Å². The van der Waals surface area contributed by atoms with Crippen LogP contribution in [0.25, 0.3) is 0 Å². The molecule has 0 aromatic rings. The van der Waals surface area contributed by atoms with Crippen LogP contribution in [0.2, 0.25) is 0 Å². The molecule has 3 heteroatoms. The summed E-state index contributed by atoms with van der Waals surface area (Å²) >= 11 is 0. The van der Waals surface area contributed by atoms with Crippen molar-refractivity contribution in [2.24, 2.45) is 0 Å². The van der Waals surface area contributed by atoms with E-state index >= 15 is 0 Å². The molecule has 19 heavy (non-hydrogen) atoms. The molecule has 1 aliphatic rings. The quantitative estimate of drug-likeness (QED) is 0.496. The normalized spacial score (nSPS) is 16.6. The summed E-state index contributed by atoms with van der Waals surface area (Å²) in [6, 6.07) is 0. The van der Waals surface area contributed by atoms with Crippen molar-refractivity contribution in [3.8, 4) is 0 Å². The maximum atomic E-state index is 6.04. The van der Waals surface area contributed by atoms with Gasteiger partial charge in [-0.3, -0.25) is 0 Å². The van der Waals surface area contributed by atoms with Crippen LogP contribution in [0.3, 0.4) is 0 Å². The van der Waals surface area contributed by atoms with Gasteiger partial charge in [0, 0.05) is 6.42 Å². The maximum Gasteiger partial charge on any atom is 0.160 e. The van der Waals surface area contributed by atoms with Gasteiger partial charge in [-0.25, -0.2) is 0 Å². The molecule has 0 atom stereocenters. The fraction of sp³-hybridized carbons (Fsp3) is 1.00. The van der Waals surface area contributed by atoms with Gasteiger partial charge in [-0.1, -0.05) is 52.4 Å². The lowest BCUT2D eigenvalue weighted by molar-refractivity contribution is -0.0716. The van der Waals surface area contributed by atoms with Gasteiger partial charge >= 0.3 is 0 Å². The molecule has 0 radical (unpaired) electrons. The Labute approximate surface area is 119 Å². The highest BCUT2D eigenvalue weighted by Gasteiger charge is 2.16. The van der Waals surface area contributed by atoms with Gasteiger partial charge in [-0.15, -0.1) is 0 Å². The average Bonchev–Trinajstić information content (AvgIpc) is 2.92. The predicted molar refractivity (Wildman–Crippen MR) is 78.3 cm³/mol. The molecule has 1 saturated heterocycles. The smallest absolute Gasteiger partial charge is 0.160 e. The zero-order valence-corrected chi connectivity index (χ0v) is 12.9. The van der Waals surface area contributed by atoms with E-state index in [1.807, 2.05) is 0 Å². The standard InChI is InChI=1S/C16H32O3/c1-3-5-7-9-15(10-8-6-4-2)17-12-11-16-18-13-14-19-16/h15-16H,3-14H2,1-2H3. The number of ether oxygens (including phenoxy) is 3. The monoisotopic (exact) mass is 272 g/mol. The van der Waals surface area contributed by atoms with Gasteiger partial charge in [0.25, 0.3) is 0 Å². The molecule has 1 heterocycles. The maximum absolute atomic E-state index is 6.04. The Balaban J connectivity index is 2.10. The highest BCUT2D eigenvalue weighted by Crippen LogP contribution is 2.16. The molecule has 0 N–H and O–H groups in total. The third kappa shape index (κ3) is 8.61. The second-order valence-corrected chi connectivity index (χ2v) is 5.44. The fourth-order valence-electron chi connectivity index (χ4n) is 2.46. The first-order valence-electron chi connectivity index (χ1n) is 8.21. The van der Waals surface area contributed by atoms with Crippen molar-refractivity contribution in [1.29, 1.82) is 0 Å². The van der Waals surface area contributed by atoms with Crippen LogP contribution in [-0.4, -0.2) is 32.2 Å². The van der Waals surface area contributed by atoms with E-state index in [9.17, 15) is 0 Å². The van der Waals surface area contributed by atoms with Gasteiger partial charge in [0.05, 0.1) is 25.9 Å². The lowest BCUT2D eigenvalue weighted by Crippen LogP contribution is -2.18. The minimum absolute atomic E-state index is 0.0214. The molecule has 114 valence electrons. The Kier molecular flexibility index (Phi) is 10.4. The molecule has 0 amide bonds. The fourth-order valence-corrected chi connectivity index (χ4v) is 2.46. The van der Waals surface area contributed by atoms with E-state index in [0.717, 1.165) is 26.2 Å². The molecule has 0 aromatic heterocycles. The molecular formula is C16H32O3. The molecule has 1 aliphatic heterocycles. The summed E-state index contributed by atoms with van der Waals surface area (Å²) < 4.78 is 16.9. The first-order valence-corrected chi connectivity index (χ1v) is 8.21. The van der Waals surface area contributed by atoms with E-state index in [0.29, 0.717) is 6.10 Å². The Morgan fingerprint density at radius 1 is 0.947 bits per heavy atom. The summed E-state index contributed by atoms with van der Waals surface area (Å²) in [5, 5.41) is 0. The molecule has 0 unspecified atom stereocenters. The number of hydrogen-bond acceptors (Lipinski definition) is 3. The lowest BCUT2D eigenvalue weighted by atomic mass is 10.0. The van der Waals surface area contributed by atoms with Crippen LogP contribution in [-0.2, 0) is 14.2 Å². The van der Waals surface area contributed by atoms with Crippen LogP contribution in [0.4, 0.5) is 0 Å². The van der Waals surface area contributed by atoms with Gasteiger partial charge in [0.2, 0.25) is 0 Å². The van der Waals surface area contributed by atoms with Crippen molar-refractivity contribution in [3.63, 3.8) is 0 Å². The summed E-state index contributed by atoms with van der Waals surface area (Å²) in [7, 11) is 0. The Bertz CT molecular complexity index is 180. The molecule has 0 aromatic carbocycles. The average molecular weight is 272 g/mol. The van der Waals surface area contributed by atoms with Crippen LogP contribution in [0.5, 0.6) is 0 Å². The molecule has 0 aliphatic carbocycles. The molecule has 1 rings (SSSR count). The van der Waals surface area contributed by atoms with Gasteiger partial charge < -0.3 is 14.2 Å². The summed E-state index contributed by atoms with van der Waals surface area (Å²) in [6.45, 7) is 6.75. The van der Waals surface area contributed by atoms with E-state index in [1.165, 1.54) is 51.4 Å². The van der Waals surface area contributed by atoms with Crippen LogP contribution in [0, 0.1) is 0 Å². The van der Waals surface area contributed by atoms with Crippen molar-refractivity contribution in [2.45, 2.75) is 84.0 Å². The topological polar surface area (TPSA) is 27.7 Å². The largest absolute Gasteiger partial charge is 0.378 e. The van der Waals surface area contributed by atoms with Crippen LogP contribution < -0.4 is 0 Å². The second-order valence-electron chi connectivity index (χ2n) is 5.44. The minimum Gasteiger partial charge on any atom is -0.378 e. The van der Waals surface area contributed by atoms with Crippen molar-refractivity contribution >= 4 is 0 Å². The molecule has 3 nitrogen and oxygen atoms in total. The molecule has 0 spiro atoms. The number of rotatable bonds is 12. The summed E-state index contributed by atoms with van der Waals surface area (Å²) in [4.78, 5) is 0. The first-order chi connectivity index (χ1) is 9.36.